The lowest BCUT2D eigenvalue weighted by Crippen LogP contribution is -2.47. The number of amides is 2. The molecule has 8 nitrogen and oxygen atoms in total. The number of para-hydroxylation sites is 1. The number of hydrogen-bond acceptors (Lipinski definition) is 6. The van der Waals surface area contributed by atoms with Crippen LogP contribution < -0.4 is 15.4 Å². The van der Waals surface area contributed by atoms with E-state index in [1.165, 1.54) is 13.2 Å². The second-order valence-electron chi connectivity index (χ2n) is 6.07. The highest BCUT2D eigenvalue weighted by atomic mass is 32.2. The molecule has 0 aliphatic heterocycles. The molecule has 2 rings (SSSR count). The highest BCUT2D eigenvalue weighted by Crippen LogP contribution is 2.17. The Morgan fingerprint density at radius 3 is 2.38 bits per heavy atom. The maximum absolute atomic E-state index is 12.9. The van der Waals surface area contributed by atoms with Gasteiger partial charge in [0.05, 0.1) is 24.5 Å². The Morgan fingerprint density at radius 1 is 1.07 bits per heavy atom. The van der Waals surface area contributed by atoms with E-state index in [-0.39, 0.29) is 17.9 Å². The lowest BCUT2D eigenvalue weighted by atomic mass is 10.2. The van der Waals surface area contributed by atoms with Crippen LogP contribution in [0.15, 0.2) is 54.6 Å². The summed E-state index contributed by atoms with van der Waals surface area (Å²) < 4.78 is 30.8. The van der Waals surface area contributed by atoms with Gasteiger partial charge in [0.25, 0.3) is 5.91 Å². The molecule has 2 N–H and O–H groups in total. The number of rotatable bonds is 9. The van der Waals surface area contributed by atoms with Gasteiger partial charge in [-0.2, -0.15) is 5.26 Å². The largest absolute Gasteiger partial charge is 0.496 e. The van der Waals surface area contributed by atoms with Gasteiger partial charge in [0.1, 0.15) is 12.3 Å². The molecule has 9 heteroatoms. The smallest absolute Gasteiger partial charge is 0.255 e. The van der Waals surface area contributed by atoms with Gasteiger partial charge in [0.15, 0.2) is 15.1 Å². The summed E-state index contributed by atoms with van der Waals surface area (Å²) in [5, 5.41) is 11.9. The summed E-state index contributed by atoms with van der Waals surface area (Å²) in [6.45, 7) is -0.778. The van der Waals surface area contributed by atoms with Crippen molar-refractivity contribution < 1.29 is 22.7 Å². The number of hydrogen-bond donors (Lipinski definition) is 2. The fraction of sp³-hybridized carbons (Fsp3) is 0.250. The third-order valence-corrected chi connectivity index (χ3v) is 6.06. The van der Waals surface area contributed by atoms with E-state index < -0.39 is 33.4 Å². The minimum Gasteiger partial charge on any atom is -0.496 e. The number of nitrogens with zero attached hydrogens (tertiary/aromatic N) is 1. The van der Waals surface area contributed by atoms with Crippen molar-refractivity contribution >= 4 is 21.7 Å². The van der Waals surface area contributed by atoms with Gasteiger partial charge >= 0.3 is 0 Å². The van der Waals surface area contributed by atoms with E-state index in [2.05, 4.69) is 10.6 Å². The third-order valence-electron chi connectivity index (χ3n) is 4.08. The fourth-order valence-electron chi connectivity index (χ4n) is 2.64. The highest BCUT2D eigenvalue weighted by molar-refractivity contribution is 7.92. The molecule has 0 spiro atoms. The standard InChI is InChI=1S/C20H21N3O5S/c1-28-17-10-6-5-9-16(17)19(24)23-13-18(20(25)22-12-11-21)29(26,27)14-15-7-3-2-4-8-15/h2-10,18H,12-14H2,1H3,(H,22,25)(H,23,24). The number of carbonyl (C=O) groups excluding carboxylic acids is 2. The normalized spacial score (nSPS) is 11.7. The average Bonchev–Trinajstić information content (AvgIpc) is 2.72. The number of nitrogens with one attached hydrogen (secondary N) is 2. The average molecular weight is 415 g/mol. The first-order chi connectivity index (χ1) is 13.9. The van der Waals surface area contributed by atoms with Crippen LogP contribution in [0.3, 0.4) is 0 Å². The van der Waals surface area contributed by atoms with E-state index in [1.54, 1.807) is 54.6 Å². The zero-order valence-corrected chi connectivity index (χ0v) is 16.6. The van der Waals surface area contributed by atoms with Crippen LogP contribution in [-0.4, -0.2) is 45.7 Å². The van der Waals surface area contributed by atoms with Crippen molar-refractivity contribution in [2.75, 3.05) is 20.2 Å². The van der Waals surface area contributed by atoms with Crippen LogP contribution in [-0.2, 0) is 20.4 Å². The van der Waals surface area contributed by atoms with Crippen LogP contribution in [0.5, 0.6) is 5.75 Å². The van der Waals surface area contributed by atoms with Crippen molar-refractivity contribution in [2.24, 2.45) is 0 Å². The summed E-state index contributed by atoms with van der Waals surface area (Å²) in [5.74, 6) is -1.47. The number of methoxy groups -OCH3 is 1. The van der Waals surface area contributed by atoms with E-state index in [0.29, 0.717) is 11.3 Å². The van der Waals surface area contributed by atoms with E-state index in [4.69, 9.17) is 10.00 Å². The molecule has 0 saturated heterocycles. The summed E-state index contributed by atoms with van der Waals surface area (Å²) >= 11 is 0. The van der Waals surface area contributed by atoms with E-state index in [9.17, 15) is 18.0 Å². The van der Waals surface area contributed by atoms with Gasteiger partial charge in [-0.3, -0.25) is 9.59 Å². The van der Waals surface area contributed by atoms with Crippen LogP contribution in [0.1, 0.15) is 15.9 Å². The molecule has 0 bridgehead atoms. The topological polar surface area (TPSA) is 125 Å². The number of nitriles is 1. The minimum atomic E-state index is -3.97. The Hall–Kier alpha value is -3.38. The van der Waals surface area contributed by atoms with Gasteiger partial charge in [-0.15, -0.1) is 0 Å². The lowest BCUT2D eigenvalue weighted by Gasteiger charge is -2.18. The Labute approximate surface area is 169 Å². The zero-order valence-electron chi connectivity index (χ0n) is 15.8. The lowest BCUT2D eigenvalue weighted by molar-refractivity contribution is -0.120. The van der Waals surface area contributed by atoms with Crippen LogP contribution in [0.4, 0.5) is 0 Å². The van der Waals surface area contributed by atoms with Crippen LogP contribution >= 0.6 is 0 Å². The summed E-state index contributed by atoms with van der Waals surface area (Å²) in [7, 11) is -2.55. The van der Waals surface area contributed by atoms with Gasteiger partial charge in [-0.25, -0.2) is 8.42 Å². The molecular formula is C20H21N3O5S. The minimum absolute atomic E-state index is 0.214. The van der Waals surface area contributed by atoms with Gasteiger partial charge in [-0.05, 0) is 17.7 Å². The van der Waals surface area contributed by atoms with Crippen LogP contribution in [0.25, 0.3) is 0 Å². The van der Waals surface area contributed by atoms with Crippen molar-refractivity contribution in [2.45, 2.75) is 11.0 Å². The molecule has 0 aliphatic rings. The molecule has 0 fully saturated rings. The van der Waals surface area contributed by atoms with E-state index in [1.807, 2.05) is 0 Å². The molecule has 2 aromatic carbocycles. The van der Waals surface area contributed by atoms with Gasteiger partial charge in [-0.1, -0.05) is 42.5 Å². The van der Waals surface area contributed by atoms with Crippen molar-refractivity contribution in [3.05, 3.63) is 65.7 Å². The van der Waals surface area contributed by atoms with Gasteiger partial charge < -0.3 is 15.4 Å². The predicted molar refractivity (Wildman–Crippen MR) is 107 cm³/mol. The zero-order chi connectivity index (χ0) is 21.3. The highest BCUT2D eigenvalue weighted by Gasteiger charge is 2.33. The van der Waals surface area contributed by atoms with Gasteiger partial charge in [0, 0.05) is 6.54 Å². The molecule has 0 aromatic heterocycles. The number of benzene rings is 2. The summed E-state index contributed by atoms with van der Waals surface area (Å²) in [5.41, 5.74) is 0.730. The molecule has 29 heavy (non-hydrogen) atoms. The summed E-state index contributed by atoms with van der Waals surface area (Å²) in [6, 6.07) is 16.6. The second-order valence-corrected chi connectivity index (χ2v) is 8.25. The monoisotopic (exact) mass is 415 g/mol. The van der Waals surface area contributed by atoms with E-state index >= 15 is 0 Å². The predicted octanol–water partition coefficient (Wildman–Crippen LogP) is 1.05. The quantitative estimate of drug-likeness (QED) is 0.590. The van der Waals surface area contributed by atoms with E-state index in [0.717, 1.165) is 0 Å². The number of carbonyl (C=O) groups is 2. The SMILES string of the molecule is COc1ccccc1C(=O)NCC(C(=O)NCC#N)S(=O)(=O)Cc1ccccc1. The Kier molecular flexibility index (Phi) is 7.74. The molecule has 0 heterocycles. The Morgan fingerprint density at radius 2 is 1.72 bits per heavy atom. The summed E-state index contributed by atoms with van der Waals surface area (Å²) in [6.07, 6.45) is 0. The van der Waals surface area contributed by atoms with Crippen molar-refractivity contribution in [1.29, 1.82) is 5.26 Å². The Bertz CT molecular complexity index is 1000. The van der Waals surface area contributed by atoms with Crippen LogP contribution in [0, 0.1) is 11.3 Å². The van der Waals surface area contributed by atoms with Crippen molar-refractivity contribution in [3.63, 3.8) is 0 Å². The molecule has 0 saturated carbocycles. The number of sulfone groups is 1. The maximum atomic E-state index is 12.9. The van der Waals surface area contributed by atoms with Crippen molar-refractivity contribution in [1.82, 2.24) is 10.6 Å². The molecular weight excluding hydrogens is 394 g/mol. The first-order valence-corrected chi connectivity index (χ1v) is 10.4. The third kappa shape index (κ3) is 6.05. The molecule has 0 radical (unpaired) electrons. The van der Waals surface area contributed by atoms with Gasteiger partial charge in [0.2, 0.25) is 5.91 Å². The molecule has 1 atom stereocenters. The molecule has 152 valence electrons. The maximum Gasteiger partial charge on any atom is 0.255 e. The number of ether oxygens (including phenoxy) is 1. The molecule has 1 unspecified atom stereocenters. The van der Waals surface area contributed by atoms with Crippen LogP contribution in [0.2, 0.25) is 0 Å². The molecule has 2 amide bonds. The first-order valence-electron chi connectivity index (χ1n) is 8.70. The summed E-state index contributed by atoms with van der Waals surface area (Å²) in [4.78, 5) is 24.9. The Balaban J connectivity index is 2.20. The second kappa shape index (κ2) is 10.2. The molecule has 2 aromatic rings. The fourth-order valence-corrected chi connectivity index (χ4v) is 4.25. The van der Waals surface area contributed by atoms with Crippen molar-refractivity contribution in [3.8, 4) is 11.8 Å². The first kappa shape index (κ1) is 21.9. The molecule has 0 aliphatic carbocycles.